The van der Waals surface area contributed by atoms with Gasteiger partial charge in [-0.05, 0) is 49.9 Å². The van der Waals surface area contributed by atoms with Gasteiger partial charge in [0.1, 0.15) is 0 Å². The van der Waals surface area contributed by atoms with E-state index in [0.29, 0.717) is 0 Å². The highest BCUT2D eigenvalue weighted by Crippen LogP contribution is 2.79. The topological polar surface area (TPSA) is 52.6 Å². The molecule has 5 atom stereocenters. The lowest BCUT2D eigenvalue weighted by molar-refractivity contribution is -0.186. The molecule has 2 aromatic carbocycles. The number of carbonyl (C=O) groups is 2. The summed E-state index contributed by atoms with van der Waals surface area (Å²) in [5.74, 6) is -1.52. The van der Waals surface area contributed by atoms with Crippen LogP contribution >= 0.6 is 0 Å². The summed E-state index contributed by atoms with van der Waals surface area (Å²) in [5.41, 5.74) is 4.46. The summed E-state index contributed by atoms with van der Waals surface area (Å²) in [6.07, 6.45) is -0.445. The van der Waals surface area contributed by atoms with Crippen LogP contribution < -0.4 is 0 Å². The smallest absolute Gasteiger partial charge is 0.311 e. The van der Waals surface area contributed by atoms with Crippen molar-refractivity contribution in [3.63, 3.8) is 0 Å². The van der Waals surface area contributed by atoms with Crippen molar-refractivity contribution >= 4 is 11.9 Å². The Morgan fingerprint density at radius 2 is 1.34 bits per heavy atom. The third kappa shape index (κ3) is 2.20. The molecule has 0 heterocycles. The van der Waals surface area contributed by atoms with E-state index in [-0.39, 0.29) is 36.0 Å². The number of carbonyl (C=O) groups excluding carboxylic acids is 2. The molecule has 5 rings (SSSR count). The molecule has 4 heteroatoms. The first kappa shape index (κ1) is 18.4. The minimum absolute atomic E-state index is 0.0467. The largest absolute Gasteiger partial charge is 0.463 e. The second-order valence-electron chi connectivity index (χ2n) is 9.03. The van der Waals surface area contributed by atoms with Crippen LogP contribution in [0.2, 0.25) is 0 Å². The van der Waals surface area contributed by atoms with E-state index in [1.165, 1.54) is 22.3 Å². The highest BCUT2D eigenvalue weighted by molar-refractivity contribution is 5.92. The number of fused-ring (bicyclic) bond motifs is 5. The quantitative estimate of drug-likeness (QED) is 0.730. The second-order valence-corrected chi connectivity index (χ2v) is 9.03. The Kier molecular flexibility index (Phi) is 3.93. The fourth-order valence-electron chi connectivity index (χ4n) is 6.20. The van der Waals surface area contributed by atoms with Gasteiger partial charge in [-0.3, -0.25) is 9.59 Å². The number of hydrogen-bond acceptors (Lipinski definition) is 4. The Hall–Kier alpha value is -2.62. The van der Waals surface area contributed by atoms with Crippen LogP contribution in [0, 0.1) is 11.8 Å². The Morgan fingerprint density at radius 3 is 2.00 bits per heavy atom. The lowest BCUT2D eigenvalue weighted by atomic mass is 9.36. The highest BCUT2D eigenvalue weighted by atomic mass is 16.6. The monoisotopic (exact) mass is 390 g/mol. The molecule has 0 N–H and O–H groups in total. The molecule has 0 amide bonds. The first-order chi connectivity index (χ1) is 13.9. The Balaban J connectivity index is 1.68. The van der Waals surface area contributed by atoms with Gasteiger partial charge in [0.25, 0.3) is 0 Å². The summed E-state index contributed by atoms with van der Waals surface area (Å²) in [4.78, 5) is 26.4. The van der Waals surface area contributed by atoms with E-state index >= 15 is 0 Å². The van der Waals surface area contributed by atoms with Crippen molar-refractivity contribution in [3.8, 4) is 0 Å². The van der Waals surface area contributed by atoms with Crippen molar-refractivity contribution in [2.45, 2.75) is 57.2 Å². The zero-order valence-corrected chi connectivity index (χ0v) is 17.2. The molecule has 4 nitrogen and oxygen atoms in total. The molecule has 2 aromatic rings. The zero-order chi connectivity index (χ0) is 20.5. The van der Waals surface area contributed by atoms with E-state index < -0.39 is 17.3 Å². The number of hydrogen-bond donors (Lipinski definition) is 0. The molecule has 3 aliphatic rings. The molecule has 29 heavy (non-hydrogen) atoms. The van der Waals surface area contributed by atoms with Gasteiger partial charge in [-0.1, -0.05) is 48.5 Å². The van der Waals surface area contributed by atoms with Gasteiger partial charge in [-0.2, -0.15) is 0 Å². The lowest BCUT2D eigenvalue weighted by Gasteiger charge is -2.64. The molecule has 1 fully saturated rings. The van der Waals surface area contributed by atoms with Gasteiger partial charge in [0.15, 0.2) is 0 Å². The van der Waals surface area contributed by atoms with Crippen molar-refractivity contribution < 1.29 is 19.1 Å². The fourth-order valence-corrected chi connectivity index (χ4v) is 6.20. The van der Waals surface area contributed by atoms with E-state index in [4.69, 9.17) is 9.47 Å². The van der Waals surface area contributed by atoms with E-state index in [1.54, 1.807) is 0 Å². The molecule has 1 spiro atoms. The summed E-state index contributed by atoms with van der Waals surface area (Å²) in [6, 6.07) is 16.7. The standard InChI is InChI=1S/C25H26O4/c1-13(2)28-23(26)19-21-16-10-6-5-9-15(16)20-17-11-7-8-12-18(17)25(20,21)22(19)24(27)29-14(3)4/h5-14,19-22H,1-4H3/t19-,20-,21-,22-,25-/m0/s1. The summed E-state index contributed by atoms with van der Waals surface area (Å²) in [7, 11) is 0. The van der Waals surface area contributed by atoms with Crippen molar-refractivity contribution in [3.05, 3.63) is 70.8 Å². The third-order valence-corrected chi connectivity index (χ3v) is 6.84. The van der Waals surface area contributed by atoms with Gasteiger partial charge in [-0.15, -0.1) is 0 Å². The predicted molar refractivity (Wildman–Crippen MR) is 109 cm³/mol. The maximum Gasteiger partial charge on any atom is 0.311 e. The normalized spacial score (nSPS) is 30.4. The van der Waals surface area contributed by atoms with Crippen LogP contribution in [-0.2, 0) is 24.5 Å². The average molecular weight is 390 g/mol. The van der Waals surface area contributed by atoms with E-state index in [2.05, 4.69) is 24.3 Å². The first-order valence-electron chi connectivity index (χ1n) is 10.5. The lowest BCUT2D eigenvalue weighted by Crippen LogP contribution is -2.68. The minimum Gasteiger partial charge on any atom is -0.463 e. The van der Waals surface area contributed by atoms with Gasteiger partial charge >= 0.3 is 11.9 Å². The maximum absolute atomic E-state index is 13.3. The van der Waals surface area contributed by atoms with Crippen molar-refractivity contribution in [2.24, 2.45) is 11.8 Å². The van der Waals surface area contributed by atoms with E-state index in [0.717, 1.165) is 0 Å². The number of rotatable bonds is 4. The third-order valence-electron chi connectivity index (χ3n) is 6.84. The van der Waals surface area contributed by atoms with Crippen LogP contribution in [0.3, 0.4) is 0 Å². The van der Waals surface area contributed by atoms with Gasteiger partial charge in [0.05, 0.1) is 24.0 Å². The van der Waals surface area contributed by atoms with Gasteiger partial charge in [0.2, 0.25) is 0 Å². The molecule has 1 saturated carbocycles. The van der Waals surface area contributed by atoms with Crippen LogP contribution in [0.15, 0.2) is 48.5 Å². The highest BCUT2D eigenvalue weighted by Gasteiger charge is 2.79. The molecular weight excluding hydrogens is 364 g/mol. The summed E-state index contributed by atoms with van der Waals surface area (Å²) in [5, 5.41) is 0. The molecule has 0 unspecified atom stereocenters. The number of benzene rings is 2. The summed E-state index contributed by atoms with van der Waals surface area (Å²) in [6.45, 7) is 7.39. The molecular formula is C25H26O4. The Bertz CT molecular complexity index is 1000. The number of ether oxygens (including phenoxy) is 2. The fraction of sp³-hybridized carbons (Fsp3) is 0.440. The molecule has 150 valence electrons. The summed E-state index contributed by atoms with van der Waals surface area (Å²) >= 11 is 0. The van der Waals surface area contributed by atoms with Crippen LogP contribution in [0.4, 0.5) is 0 Å². The minimum atomic E-state index is -0.520. The molecule has 0 aliphatic heterocycles. The molecule has 0 bridgehead atoms. The van der Waals surface area contributed by atoms with Crippen LogP contribution in [-0.4, -0.2) is 24.1 Å². The number of esters is 2. The van der Waals surface area contributed by atoms with Gasteiger partial charge < -0.3 is 9.47 Å². The van der Waals surface area contributed by atoms with E-state index in [9.17, 15) is 9.59 Å². The van der Waals surface area contributed by atoms with Crippen LogP contribution in [0.1, 0.15) is 61.8 Å². The zero-order valence-electron chi connectivity index (χ0n) is 17.2. The van der Waals surface area contributed by atoms with Crippen molar-refractivity contribution in [1.29, 1.82) is 0 Å². The average Bonchev–Trinajstić information content (AvgIpc) is 2.81. The first-order valence-corrected chi connectivity index (χ1v) is 10.5. The maximum atomic E-state index is 13.3. The molecule has 0 aromatic heterocycles. The second kappa shape index (κ2) is 6.19. The SMILES string of the molecule is CC(C)OC(=O)[C@@H]1[C@@H](C(=O)OC(C)C)[C@@]23c4ccccc4[C@@H]2c2ccccc2[C@@H]13. The van der Waals surface area contributed by atoms with Crippen molar-refractivity contribution in [1.82, 2.24) is 0 Å². The Morgan fingerprint density at radius 1 is 0.793 bits per heavy atom. The van der Waals surface area contributed by atoms with Gasteiger partial charge in [-0.25, -0.2) is 0 Å². The van der Waals surface area contributed by atoms with Crippen LogP contribution in [0.5, 0.6) is 0 Å². The molecule has 0 saturated heterocycles. The predicted octanol–water partition coefficient (Wildman–Crippen LogP) is 4.32. The summed E-state index contributed by atoms with van der Waals surface area (Å²) < 4.78 is 11.3. The Labute approximate surface area is 171 Å². The molecule has 3 aliphatic carbocycles. The van der Waals surface area contributed by atoms with Gasteiger partial charge in [0, 0.05) is 17.3 Å². The van der Waals surface area contributed by atoms with Crippen molar-refractivity contribution in [2.75, 3.05) is 0 Å². The van der Waals surface area contributed by atoms with Crippen LogP contribution in [0.25, 0.3) is 0 Å². The van der Waals surface area contributed by atoms with E-state index in [1.807, 2.05) is 52.0 Å². The molecule has 0 radical (unpaired) electrons.